The Morgan fingerprint density at radius 3 is 1.54 bits per heavy atom. The lowest BCUT2D eigenvalue weighted by atomic mass is 9.89. The van der Waals surface area contributed by atoms with E-state index in [0.717, 1.165) is 67.7 Å². The molecule has 4 heteroatoms. The summed E-state index contributed by atoms with van der Waals surface area (Å²) in [5.74, 6) is 0. The second-order valence-corrected chi connectivity index (χ2v) is 10.3. The van der Waals surface area contributed by atoms with Crippen molar-refractivity contribution in [3.63, 3.8) is 0 Å². The van der Waals surface area contributed by atoms with Gasteiger partial charge >= 0.3 is 0 Å². The summed E-state index contributed by atoms with van der Waals surface area (Å²) in [6.45, 7) is 4.32. The highest BCUT2D eigenvalue weighted by Gasteiger charge is 2.42. The summed E-state index contributed by atoms with van der Waals surface area (Å²) in [6, 6.07) is 39.3. The second kappa shape index (κ2) is 9.10. The highest BCUT2D eigenvalue weighted by Crippen LogP contribution is 2.47. The molecular weight excluding hydrogens is 476 g/mol. The highest BCUT2D eigenvalue weighted by molar-refractivity contribution is 5.85. The van der Waals surface area contributed by atoms with Gasteiger partial charge in [0.1, 0.15) is 11.4 Å². The summed E-state index contributed by atoms with van der Waals surface area (Å²) in [5.41, 5.74) is 10.9. The highest BCUT2D eigenvalue weighted by atomic mass is 15.0. The van der Waals surface area contributed by atoms with E-state index in [-0.39, 0.29) is 0 Å². The Bertz CT molecular complexity index is 1810. The van der Waals surface area contributed by atoms with Crippen LogP contribution in [0.4, 0.5) is 0 Å². The van der Waals surface area contributed by atoms with Crippen LogP contribution in [0.5, 0.6) is 0 Å². The van der Waals surface area contributed by atoms with Crippen LogP contribution in [0.25, 0.3) is 56.3 Å². The number of hydrogen-bond acceptors (Lipinski definition) is 4. The molecule has 0 amide bonds. The normalized spacial score (nSPS) is 13.1. The predicted octanol–water partition coefficient (Wildman–Crippen LogP) is 8.24. The van der Waals surface area contributed by atoms with Crippen LogP contribution >= 0.6 is 0 Å². The van der Waals surface area contributed by atoms with E-state index in [2.05, 4.69) is 80.6 Å². The summed E-state index contributed by atoms with van der Waals surface area (Å²) >= 11 is 0. The molecule has 0 bridgehead atoms. The van der Waals surface area contributed by atoms with Crippen LogP contribution < -0.4 is 0 Å². The van der Waals surface area contributed by atoms with Crippen LogP contribution in [0.3, 0.4) is 0 Å². The lowest BCUT2D eigenvalue weighted by molar-refractivity contribution is 0.614. The third-order valence-corrected chi connectivity index (χ3v) is 7.46. The van der Waals surface area contributed by atoms with Crippen molar-refractivity contribution < 1.29 is 0 Å². The molecule has 7 rings (SSSR count). The molecule has 186 valence electrons. The zero-order valence-electron chi connectivity index (χ0n) is 21.8. The summed E-state index contributed by atoms with van der Waals surface area (Å²) in [4.78, 5) is 20.8. The summed E-state index contributed by atoms with van der Waals surface area (Å²) in [7, 11) is 0. The van der Waals surface area contributed by atoms with Gasteiger partial charge in [-0.1, -0.05) is 115 Å². The number of rotatable bonds is 4. The Morgan fingerprint density at radius 2 is 0.923 bits per heavy atom. The number of nitrogens with zero attached hydrogens (tertiary/aromatic N) is 4. The summed E-state index contributed by atoms with van der Waals surface area (Å²) in [5, 5.41) is 0. The standard InChI is InChI=1S/C35H26N4/c1-35(2)33-31(37-28(22-36-33)27-21-13-12-20-26(27)23-14-6-3-7-15-23)32-34(35)39-30(25-18-10-5-11-19-25)29(38-32)24-16-8-4-9-17-24/h3-22H,1-2H3. The third kappa shape index (κ3) is 3.84. The minimum atomic E-state index is -0.430. The maximum atomic E-state index is 5.29. The topological polar surface area (TPSA) is 51.6 Å². The van der Waals surface area contributed by atoms with Gasteiger partial charge in [0.05, 0.1) is 40.1 Å². The number of aromatic nitrogens is 4. The van der Waals surface area contributed by atoms with E-state index in [0.29, 0.717) is 0 Å². The van der Waals surface area contributed by atoms with Crippen molar-refractivity contribution in [2.24, 2.45) is 0 Å². The van der Waals surface area contributed by atoms with E-state index in [9.17, 15) is 0 Å². The zero-order chi connectivity index (χ0) is 26.4. The molecule has 6 aromatic rings. The van der Waals surface area contributed by atoms with Gasteiger partial charge in [-0.2, -0.15) is 0 Å². The fourth-order valence-corrected chi connectivity index (χ4v) is 5.46. The molecule has 0 saturated heterocycles. The first-order valence-corrected chi connectivity index (χ1v) is 13.2. The fourth-order valence-electron chi connectivity index (χ4n) is 5.46. The lowest BCUT2D eigenvalue weighted by Crippen LogP contribution is -2.19. The van der Waals surface area contributed by atoms with Gasteiger partial charge in [-0.05, 0) is 25.0 Å². The molecule has 0 saturated carbocycles. The molecule has 39 heavy (non-hydrogen) atoms. The van der Waals surface area contributed by atoms with Crippen molar-refractivity contribution in [2.45, 2.75) is 19.3 Å². The van der Waals surface area contributed by atoms with E-state index in [1.165, 1.54) is 0 Å². The van der Waals surface area contributed by atoms with Crippen molar-refractivity contribution in [3.05, 3.63) is 133 Å². The molecular formula is C35H26N4. The average Bonchev–Trinajstić information content (AvgIpc) is 3.23. The van der Waals surface area contributed by atoms with Gasteiger partial charge in [0.15, 0.2) is 0 Å². The molecule has 4 aromatic carbocycles. The first-order valence-electron chi connectivity index (χ1n) is 13.2. The molecule has 0 aliphatic heterocycles. The summed E-state index contributed by atoms with van der Waals surface area (Å²) in [6.07, 6.45) is 1.89. The zero-order valence-corrected chi connectivity index (χ0v) is 21.8. The first-order chi connectivity index (χ1) is 19.1. The molecule has 0 atom stereocenters. The van der Waals surface area contributed by atoms with Gasteiger partial charge in [0, 0.05) is 16.7 Å². The Balaban J connectivity index is 1.45. The smallest absolute Gasteiger partial charge is 0.114 e. The van der Waals surface area contributed by atoms with Crippen LogP contribution in [-0.2, 0) is 5.41 Å². The molecule has 0 fully saturated rings. The Morgan fingerprint density at radius 1 is 0.436 bits per heavy atom. The van der Waals surface area contributed by atoms with Crippen molar-refractivity contribution in [3.8, 4) is 56.3 Å². The van der Waals surface area contributed by atoms with Crippen LogP contribution in [0.15, 0.2) is 121 Å². The van der Waals surface area contributed by atoms with Crippen molar-refractivity contribution in [1.29, 1.82) is 0 Å². The van der Waals surface area contributed by atoms with Crippen molar-refractivity contribution in [2.75, 3.05) is 0 Å². The van der Waals surface area contributed by atoms with Crippen molar-refractivity contribution in [1.82, 2.24) is 19.9 Å². The average molecular weight is 503 g/mol. The largest absolute Gasteiger partial charge is 0.256 e. The van der Waals surface area contributed by atoms with Gasteiger partial charge < -0.3 is 0 Å². The molecule has 0 N–H and O–H groups in total. The molecule has 1 aliphatic rings. The number of benzene rings is 4. The second-order valence-electron chi connectivity index (χ2n) is 10.3. The number of fused-ring (bicyclic) bond motifs is 3. The van der Waals surface area contributed by atoms with Gasteiger partial charge in [-0.15, -0.1) is 0 Å². The van der Waals surface area contributed by atoms with E-state index in [1.54, 1.807) is 0 Å². The molecule has 2 aromatic heterocycles. The Kier molecular flexibility index (Phi) is 5.41. The molecule has 0 radical (unpaired) electrons. The van der Waals surface area contributed by atoms with Crippen LogP contribution in [-0.4, -0.2) is 19.9 Å². The fraction of sp³-hybridized carbons (Fsp3) is 0.0857. The Labute approximate surface area is 228 Å². The molecule has 1 aliphatic carbocycles. The van der Waals surface area contributed by atoms with Gasteiger partial charge in [-0.25, -0.2) is 15.0 Å². The predicted molar refractivity (Wildman–Crippen MR) is 157 cm³/mol. The lowest BCUT2D eigenvalue weighted by Gasteiger charge is -2.20. The first kappa shape index (κ1) is 23.2. The quantitative estimate of drug-likeness (QED) is 0.244. The molecule has 0 unspecified atom stereocenters. The van der Waals surface area contributed by atoms with Crippen LogP contribution in [0.1, 0.15) is 25.2 Å². The van der Waals surface area contributed by atoms with Gasteiger partial charge in [0.2, 0.25) is 0 Å². The van der Waals surface area contributed by atoms with Crippen molar-refractivity contribution >= 4 is 0 Å². The van der Waals surface area contributed by atoms with E-state index in [4.69, 9.17) is 19.9 Å². The summed E-state index contributed by atoms with van der Waals surface area (Å²) < 4.78 is 0. The van der Waals surface area contributed by atoms with E-state index < -0.39 is 5.41 Å². The minimum absolute atomic E-state index is 0.430. The third-order valence-electron chi connectivity index (χ3n) is 7.46. The van der Waals surface area contributed by atoms with Gasteiger partial charge in [0.25, 0.3) is 0 Å². The Hall–Kier alpha value is -4.96. The van der Waals surface area contributed by atoms with E-state index in [1.807, 2.05) is 54.7 Å². The van der Waals surface area contributed by atoms with Crippen LogP contribution in [0, 0.1) is 0 Å². The van der Waals surface area contributed by atoms with Gasteiger partial charge in [-0.3, -0.25) is 4.98 Å². The molecule has 0 spiro atoms. The SMILES string of the molecule is CC1(C)c2ncc(-c3ccccc3-c3ccccc3)nc2-c2nc(-c3ccccc3)c(-c3ccccc3)nc21. The number of hydrogen-bond donors (Lipinski definition) is 0. The monoisotopic (exact) mass is 502 g/mol. The minimum Gasteiger partial charge on any atom is -0.256 e. The van der Waals surface area contributed by atoms with E-state index >= 15 is 0 Å². The molecule has 2 heterocycles. The maximum absolute atomic E-state index is 5.29. The maximum Gasteiger partial charge on any atom is 0.114 e. The molecule has 4 nitrogen and oxygen atoms in total. The van der Waals surface area contributed by atoms with Crippen LogP contribution in [0.2, 0.25) is 0 Å².